The molecule has 1 saturated heterocycles. The van der Waals surface area contributed by atoms with E-state index in [9.17, 15) is 14.4 Å². The number of aliphatic carboxylic acids is 1. The van der Waals surface area contributed by atoms with E-state index in [1.165, 1.54) is 11.8 Å². The van der Waals surface area contributed by atoms with Crippen LogP contribution in [0.15, 0.2) is 0 Å². The average Bonchev–Trinajstić information content (AvgIpc) is 2.72. The van der Waals surface area contributed by atoms with Gasteiger partial charge in [-0.25, -0.2) is 0 Å². The highest BCUT2D eigenvalue weighted by Crippen LogP contribution is 2.39. The molecule has 1 heterocycles. The maximum atomic E-state index is 12.1. The van der Waals surface area contributed by atoms with Crippen LogP contribution in [-0.2, 0) is 14.4 Å². The number of amides is 2. The molecule has 94 valence electrons. The van der Waals surface area contributed by atoms with E-state index in [-0.39, 0.29) is 23.7 Å². The lowest BCUT2D eigenvalue weighted by Gasteiger charge is -2.35. The first kappa shape index (κ1) is 12.1. The second-order valence-corrected chi connectivity index (χ2v) is 5.12. The molecule has 4 unspecified atom stereocenters. The van der Waals surface area contributed by atoms with Gasteiger partial charge >= 0.3 is 5.97 Å². The van der Waals surface area contributed by atoms with Crippen LogP contribution < -0.4 is 0 Å². The van der Waals surface area contributed by atoms with Gasteiger partial charge in [0.15, 0.2) is 0 Å². The van der Waals surface area contributed by atoms with Gasteiger partial charge in [0.1, 0.15) is 0 Å². The molecule has 0 aromatic rings. The Morgan fingerprint density at radius 1 is 1.24 bits per heavy atom. The normalized spacial score (nSPS) is 31.5. The summed E-state index contributed by atoms with van der Waals surface area (Å²) in [7, 11) is 0. The molecule has 1 aliphatic carbocycles. The standard InChI is InChI=1S/C12H17NO4/c1-6(12(16)17)7(2)13-10(14)8-3-4-9(5-8)11(13)15/h6-9H,3-5H2,1-2H3,(H,16,17). The number of carbonyl (C=O) groups is 3. The molecule has 1 N–H and O–H groups in total. The smallest absolute Gasteiger partial charge is 0.308 e. The summed E-state index contributed by atoms with van der Waals surface area (Å²) < 4.78 is 0. The third kappa shape index (κ3) is 1.83. The SMILES string of the molecule is CC(C(=O)O)C(C)N1C(=O)C2CCC(C2)C1=O. The van der Waals surface area contributed by atoms with E-state index in [4.69, 9.17) is 5.11 Å². The second kappa shape index (κ2) is 4.13. The number of carboxylic acid groups (broad SMARTS) is 1. The van der Waals surface area contributed by atoms with Crippen molar-refractivity contribution < 1.29 is 19.5 Å². The first-order chi connectivity index (χ1) is 7.93. The van der Waals surface area contributed by atoms with Crippen LogP contribution in [0.4, 0.5) is 0 Å². The lowest BCUT2D eigenvalue weighted by atomic mass is 9.92. The van der Waals surface area contributed by atoms with Gasteiger partial charge in [0.05, 0.1) is 5.92 Å². The van der Waals surface area contributed by atoms with Crippen molar-refractivity contribution in [2.24, 2.45) is 17.8 Å². The minimum absolute atomic E-state index is 0.0684. The van der Waals surface area contributed by atoms with Gasteiger partial charge in [-0.2, -0.15) is 0 Å². The van der Waals surface area contributed by atoms with Crippen LogP contribution in [0.3, 0.4) is 0 Å². The van der Waals surface area contributed by atoms with Crippen LogP contribution in [0.2, 0.25) is 0 Å². The molecule has 0 spiro atoms. The maximum Gasteiger partial charge on any atom is 0.308 e. The fraction of sp³-hybridized carbons (Fsp3) is 0.750. The Morgan fingerprint density at radius 3 is 2.12 bits per heavy atom. The summed E-state index contributed by atoms with van der Waals surface area (Å²) in [6, 6.07) is -0.559. The van der Waals surface area contributed by atoms with Gasteiger partial charge in [-0.3, -0.25) is 19.3 Å². The Balaban J connectivity index is 2.22. The molecule has 0 radical (unpaired) electrons. The number of hydrogen-bond donors (Lipinski definition) is 1. The first-order valence-corrected chi connectivity index (χ1v) is 6.03. The number of likely N-dealkylation sites (tertiary alicyclic amines) is 1. The number of nitrogens with zero attached hydrogens (tertiary/aromatic N) is 1. The zero-order chi connectivity index (χ0) is 12.7. The van der Waals surface area contributed by atoms with Crippen molar-refractivity contribution in [3.8, 4) is 0 Å². The molecule has 0 aromatic carbocycles. The van der Waals surface area contributed by atoms with E-state index < -0.39 is 17.9 Å². The number of rotatable bonds is 3. The van der Waals surface area contributed by atoms with Crippen molar-refractivity contribution >= 4 is 17.8 Å². The van der Waals surface area contributed by atoms with Gasteiger partial charge in [-0.15, -0.1) is 0 Å². The summed E-state index contributed by atoms with van der Waals surface area (Å²) in [6.07, 6.45) is 2.18. The topological polar surface area (TPSA) is 74.7 Å². The molecular formula is C12H17NO4. The quantitative estimate of drug-likeness (QED) is 0.742. The molecule has 2 aliphatic rings. The molecule has 4 atom stereocenters. The predicted octanol–water partition coefficient (Wildman–Crippen LogP) is 0.881. The number of fused-ring (bicyclic) bond motifs is 2. The summed E-state index contributed by atoms with van der Waals surface area (Å²) in [5, 5.41) is 8.95. The Morgan fingerprint density at radius 2 is 1.71 bits per heavy atom. The molecule has 0 aromatic heterocycles. The minimum atomic E-state index is -0.976. The van der Waals surface area contributed by atoms with Crippen molar-refractivity contribution in [3.63, 3.8) is 0 Å². The number of carboxylic acids is 1. The van der Waals surface area contributed by atoms with Crippen molar-refractivity contribution in [1.29, 1.82) is 0 Å². The summed E-state index contributed by atoms with van der Waals surface area (Å²) in [6.45, 7) is 3.17. The summed E-state index contributed by atoms with van der Waals surface area (Å²) >= 11 is 0. The Bertz CT molecular complexity index is 357. The third-order valence-corrected chi connectivity index (χ3v) is 4.13. The van der Waals surface area contributed by atoms with E-state index in [0.717, 1.165) is 12.8 Å². The molecule has 1 aliphatic heterocycles. The molecule has 2 rings (SSSR count). The highest BCUT2D eigenvalue weighted by molar-refractivity contribution is 6.01. The molecule has 17 heavy (non-hydrogen) atoms. The minimum Gasteiger partial charge on any atom is -0.481 e. The molecule has 2 fully saturated rings. The predicted molar refractivity (Wildman–Crippen MR) is 58.9 cm³/mol. The van der Waals surface area contributed by atoms with Crippen LogP contribution in [-0.4, -0.2) is 33.8 Å². The van der Waals surface area contributed by atoms with Gasteiger partial charge in [0.25, 0.3) is 0 Å². The second-order valence-electron chi connectivity index (χ2n) is 5.12. The fourth-order valence-electron chi connectivity index (χ4n) is 2.76. The van der Waals surface area contributed by atoms with E-state index in [2.05, 4.69) is 0 Å². The fourth-order valence-corrected chi connectivity index (χ4v) is 2.76. The van der Waals surface area contributed by atoms with Crippen molar-refractivity contribution in [3.05, 3.63) is 0 Å². The van der Waals surface area contributed by atoms with Gasteiger partial charge in [0.2, 0.25) is 11.8 Å². The zero-order valence-electron chi connectivity index (χ0n) is 10.0. The third-order valence-electron chi connectivity index (χ3n) is 4.13. The first-order valence-electron chi connectivity index (χ1n) is 6.03. The number of imide groups is 1. The molecule has 5 heteroatoms. The largest absolute Gasteiger partial charge is 0.481 e. The Kier molecular flexibility index (Phi) is 2.93. The highest BCUT2D eigenvalue weighted by Gasteiger charge is 2.48. The summed E-state index contributed by atoms with van der Waals surface area (Å²) in [5.74, 6) is -2.19. The van der Waals surface area contributed by atoms with E-state index >= 15 is 0 Å². The molecule has 2 amide bonds. The van der Waals surface area contributed by atoms with Gasteiger partial charge in [-0.05, 0) is 33.1 Å². The Labute approximate surface area is 99.8 Å². The van der Waals surface area contributed by atoms with E-state index in [1.807, 2.05) is 0 Å². The number of hydrogen-bond acceptors (Lipinski definition) is 3. The van der Waals surface area contributed by atoms with Crippen LogP contribution in [0.25, 0.3) is 0 Å². The maximum absolute atomic E-state index is 12.1. The van der Waals surface area contributed by atoms with Crippen LogP contribution in [0, 0.1) is 17.8 Å². The molecule has 2 bridgehead atoms. The monoisotopic (exact) mass is 239 g/mol. The highest BCUT2D eigenvalue weighted by atomic mass is 16.4. The average molecular weight is 239 g/mol. The van der Waals surface area contributed by atoms with Crippen LogP contribution in [0.1, 0.15) is 33.1 Å². The zero-order valence-corrected chi connectivity index (χ0v) is 10.0. The van der Waals surface area contributed by atoms with Crippen LogP contribution in [0.5, 0.6) is 0 Å². The molecule has 5 nitrogen and oxygen atoms in total. The van der Waals surface area contributed by atoms with Gasteiger partial charge in [0, 0.05) is 17.9 Å². The van der Waals surface area contributed by atoms with Gasteiger partial charge in [-0.1, -0.05) is 0 Å². The van der Waals surface area contributed by atoms with E-state index in [1.54, 1.807) is 6.92 Å². The molecule has 1 saturated carbocycles. The summed E-state index contributed by atoms with van der Waals surface area (Å²) in [5.41, 5.74) is 0. The Hall–Kier alpha value is -1.39. The lowest BCUT2D eigenvalue weighted by Crippen LogP contribution is -2.53. The van der Waals surface area contributed by atoms with Crippen molar-refractivity contribution in [2.45, 2.75) is 39.2 Å². The van der Waals surface area contributed by atoms with Crippen molar-refractivity contribution in [1.82, 2.24) is 4.90 Å². The summed E-state index contributed by atoms with van der Waals surface area (Å²) in [4.78, 5) is 36.3. The van der Waals surface area contributed by atoms with Gasteiger partial charge < -0.3 is 5.11 Å². The van der Waals surface area contributed by atoms with E-state index in [0.29, 0.717) is 6.42 Å². The molecular weight excluding hydrogens is 222 g/mol. The lowest BCUT2D eigenvalue weighted by molar-refractivity contribution is -0.158. The number of piperidine rings is 1. The van der Waals surface area contributed by atoms with Crippen LogP contribution >= 0.6 is 0 Å². The number of carbonyl (C=O) groups excluding carboxylic acids is 2. The van der Waals surface area contributed by atoms with Crippen molar-refractivity contribution in [2.75, 3.05) is 0 Å².